The summed E-state index contributed by atoms with van der Waals surface area (Å²) in [5, 5.41) is 7.05. The third kappa shape index (κ3) is 3.22. The lowest BCUT2D eigenvalue weighted by Gasteiger charge is -2.08. The van der Waals surface area contributed by atoms with Crippen molar-refractivity contribution < 1.29 is 9.26 Å². The highest BCUT2D eigenvalue weighted by Crippen LogP contribution is 2.24. The minimum absolute atomic E-state index is 0.416. The van der Waals surface area contributed by atoms with Crippen LogP contribution in [0.3, 0.4) is 0 Å². The van der Waals surface area contributed by atoms with E-state index in [0.29, 0.717) is 25.7 Å². The van der Waals surface area contributed by atoms with Crippen LogP contribution < -0.4 is 11.1 Å². The lowest BCUT2D eigenvalue weighted by Crippen LogP contribution is -2.34. The van der Waals surface area contributed by atoms with E-state index < -0.39 is 0 Å². The summed E-state index contributed by atoms with van der Waals surface area (Å²) in [4.78, 5) is 4.25. The zero-order chi connectivity index (χ0) is 12.8. The van der Waals surface area contributed by atoms with Crippen LogP contribution in [0.4, 0.5) is 0 Å². The van der Waals surface area contributed by atoms with E-state index in [4.69, 9.17) is 15.0 Å². The van der Waals surface area contributed by atoms with Crippen molar-refractivity contribution in [2.75, 3.05) is 20.3 Å². The van der Waals surface area contributed by atoms with Crippen molar-refractivity contribution >= 4 is 5.96 Å². The Kier molecular flexibility index (Phi) is 4.58. The fourth-order valence-corrected chi connectivity index (χ4v) is 2.07. The monoisotopic (exact) mass is 252 g/mol. The molecule has 0 aliphatic heterocycles. The van der Waals surface area contributed by atoms with Gasteiger partial charge in [0.25, 0.3) is 0 Å². The second-order valence-corrected chi connectivity index (χ2v) is 4.36. The Hall–Kier alpha value is -1.56. The van der Waals surface area contributed by atoms with Crippen molar-refractivity contribution in [3.8, 4) is 0 Å². The normalized spacial score (nSPS) is 15.5. The number of nitrogens with zero attached hydrogens (tertiary/aromatic N) is 2. The minimum Gasteiger partial charge on any atom is -0.383 e. The van der Waals surface area contributed by atoms with E-state index in [9.17, 15) is 0 Å². The summed E-state index contributed by atoms with van der Waals surface area (Å²) in [5.74, 6) is 1.44. The Morgan fingerprint density at radius 1 is 1.50 bits per heavy atom. The zero-order valence-electron chi connectivity index (χ0n) is 10.7. The molecule has 1 heterocycles. The van der Waals surface area contributed by atoms with Gasteiger partial charge in [-0.1, -0.05) is 5.16 Å². The van der Waals surface area contributed by atoms with Gasteiger partial charge in [0.1, 0.15) is 11.5 Å². The predicted molar refractivity (Wildman–Crippen MR) is 68.4 cm³/mol. The molecule has 1 aromatic heterocycles. The average molecular weight is 252 g/mol. The maximum absolute atomic E-state index is 5.73. The molecule has 1 aliphatic carbocycles. The van der Waals surface area contributed by atoms with Crippen LogP contribution >= 0.6 is 0 Å². The molecule has 100 valence electrons. The highest BCUT2D eigenvalue weighted by Gasteiger charge is 2.18. The molecule has 0 saturated carbocycles. The fourth-order valence-electron chi connectivity index (χ4n) is 2.07. The molecule has 1 aromatic rings. The molecule has 18 heavy (non-hydrogen) atoms. The summed E-state index contributed by atoms with van der Waals surface area (Å²) < 4.78 is 10.2. The van der Waals surface area contributed by atoms with E-state index in [2.05, 4.69) is 15.5 Å². The van der Waals surface area contributed by atoms with Gasteiger partial charge in [0.05, 0.1) is 13.2 Å². The molecule has 3 N–H and O–H groups in total. The number of rotatable bonds is 5. The number of fused-ring (bicyclic) bond motifs is 1. The van der Waals surface area contributed by atoms with Crippen molar-refractivity contribution in [2.45, 2.75) is 32.2 Å². The maximum atomic E-state index is 5.73. The fraction of sp³-hybridized carbons (Fsp3) is 0.667. The number of guanidine groups is 1. The van der Waals surface area contributed by atoms with Crippen LogP contribution in [-0.2, 0) is 24.1 Å². The van der Waals surface area contributed by atoms with Crippen LogP contribution in [0.15, 0.2) is 9.52 Å². The van der Waals surface area contributed by atoms with Crippen LogP contribution in [0, 0.1) is 0 Å². The lowest BCUT2D eigenvalue weighted by molar-refractivity contribution is 0.204. The zero-order valence-corrected chi connectivity index (χ0v) is 10.7. The van der Waals surface area contributed by atoms with Gasteiger partial charge in [0.2, 0.25) is 0 Å². The topological polar surface area (TPSA) is 85.7 Å². The van der Waals surface area contributed by atoms with Crippen molar-refractivity contribution in [1.82, 2.24) is 10.5 Å². The van der Waals surface area contributed by atoms with Crippen LogP contribution in [0.5, 0.6) is 0 Å². The van der Waals surface area contributed by atoms with E-state index in [1.54, 1.807) is 7.11 Å². The Bertz CT molecular complexity index is 414. The number of aliphatic imine (C=N–C) groups is 1. The van der Waals surface area contributed by atoms with Gasteiger partial charge in [-0.3, -0.25) is 0 Å². The first-order chi connectivity index (χ1) is 8.81. The molecule has 0 radical (unpaired) electrons. The molecule has 0 atom stereocenters. The number of aryl methyl sites for hydroxylation is 1. The molecule has 1 aliphatic rings. The average Bonchev–Trinajstić information content (AvgIpc) is 2.80. The summed E-state index contributed by atoms with van der Waals surface area (Å²) in [5.41, 5.74) is 7.88. The molecule has 0 unspecified atom stereocenters. The molecule has 6 nitrogen and oxygen atoms in total. The van der Waals surface area contributed by atoms with Crippen LogP contribution in [0.1, 0.15) is 29.9 Å². The molecule has 0 bridgehead atoms. The Morgan fingerprint density at radius 3 is 3.17 bits per heavy atom. The first kappa shape index (κ1) is 12.9. The molecule has 0 fully saturated rings. The summed E-state index contributed by atoms with van der Waals surface area (Å²) in [6.07, 6.45) is 4.42. The Morgan fingerprint density at radius 2 is 2.33 bits per heavy atom. The van der Waals surface area contributed by atoms with E-state index in [1.165, 1.54) is 18.4 Å². The van der Waals surface area contributed by atoms with E-state index >= 15 is 0 Å². The molecular formula is C12H20N4O2. The van der Waals surface area contributed by atoms with Crippen LogP contribution in [0.2, 0.25) is 0 Å². The Balaban J connectivity index is 1.89. The second kappa shape index (κ2) is 6.39. The van der Waals surface area contributed by atoms with Gasteiger partial charge < -0.3 is 20.3 Å². The Labute approximate surface area is 107 Å². The number of hydrogen-bond acceptors (Lipinski definition) is 4. The van der Waals surface area contributed by atoms with Gasteiger partial charge in [-0.2, -0.15) is 0 Å². The van der Waals surface area contributed by atoms with Crippen molar-refractivity contribution in [3.63, 3.8) is 0 Å². The minimum atomic E-state index is 0.416. The van der Waals surface area contributed by atoms with Gasteiger partial charge in [-0.05, 0) is 19.3 Å². The van der Waals surface area contributed by atoms with Crippen LogP contribution in [0.25, 0.3) is 0 Å². The number of methoxy groups -OCH3 is 1. The predicted octanol–water partition coefficient (Wildman–Crippen LogP) is 0.604. The van der Waals surface area contributed by atoms with Crippen molar-refractivity contribution in [1.29, 1.82) is 0 Å². The van der Waals surface area contributed by atoms with Crippen molar-refractivity contribution in [2.24, 2.45) is 10.7 Å². The summed E-state index contributed by atoms with van der Waals surface area (Å²) in [6.45, 7) is 1.74. The third-order valence-corrected chi connectivity index (χ3v) is 3.04. The third-order valence-electron chi connectivity index (χ3n) is 3.04. The van der Waals surface area contributed by atoms with Gasteiger partial charge >= 0.3 is 0 Å². The number of ether oxygens (including phenoxy) is 1. The standard InChI is InChI=1S/C12H20N4O2/c1-17-7-6-14-12(13)15-8-10-9-4-2-3-5-11(9)18-16-10/h2-8H2,1H3,(H3,13,14,15). The van der Waals surface area contributed by atoms with Gasteiger partial charge in [-0.25, -0.2) is 4.99 Å². The number of aromatic nitrogens is 1. The second-order valence-electron chi connectivity index (χ2n) is 4.36. The van der Waals surface area contributed by atoms with E-state index in [1.807, 2.05) is 0 Å². The number of nitrogens with two attached hydrogens (primary N) is 1. The highest BCUT2D eigenvalue weighted by molar-refractivity contribution is 5.77. The largest absolute Gasteiger partial charge is 0.383 e. The SMILES string of the molecule is COCCNC(N)=NCc1noc2c1CCCC2. The first-order valence-corrected chi connectivity index (χ1v) is 6.30. The molecule has 6 heteroatoms. The summed E-state index contributed by atoms with van der Waals surface area (Å²) >= 11 is 0. The first-order valence-electron chi connectivity index (χ1n) is 6.30. The molecule has 0 aromatic carbocycles. The molecule has 2 rings (SSSR count). The summed E-state index contributed by atoms with van der Waals surface area (Å²) in [7, 11) is 1.65. The molecular weight excluding hydrogens is 232 g/mol. The van der Waals surface area contributed by atoms with E-state index in [0.717, 1.165) is 24.3 Å². The van der Waals surface area contributed by atoms with Gasteiger partial charge in [0, 0.05) is 25.6 Å². The molecule has 0 amide bonds. The van der Waals surface area contributed by atoms with E-state index in [-0.39, 0.29) is 0 Å². The smallest absolute Gasteiger partial charge is 0.189 e. The van der Waals surface area contributed by atoms with Gasteiger partial charge in [-0.15, -0.1) is 0 Å². The molecule has 0 spiro atoms. The van der Waals surface area contributed by atoms with Crippen molar-refractivity contribution in [3.05, 3.63) is 17.0 Å². The number of hydrogen-bond donors (Lipinski definition) is 2. The molecule has 0 saturated heterocycles. The summed E-state index contributed by atoms with van der Waals surface area (Å²) in [6, 6.07) is 0. The lowest BCUT2D eigenvalue weighted by atomic mass is 9.96. The maximum Gasteiger partial charge on any atom is 0.189 e. The number of nitrogens with one attached hydrogen (secondary N) is 1. The van der Waals surface area contributed by atoms with Gasteiger partial charge in [0.15, 0.2) is 5.96 Å². The highest BCUT2D eigenvalue weighted by atomic mass is 16.5. The van der Waals surface area contributed by atoms with Crippen LogP contribution in [-0.4, -0.2) is 31.4 Å². The quantitative estimate of drug-likeness (QED) is 0.455.